The minimum absolute atomic E-state index is 0.155. The van der Waals surface area contributed by atoms with Gasteiger partial charge in [0.15, 0.2) is 0 Å². The number of rotatable bonds is 5. The van der Waals surface area contributed by atoms with Crippen LogP contribution in [-0.4, -0.2) is 33.9 Å². The molecule has 3 aromatic rings. The number of carbonyl (C=O) groups is 3. The Bertz CT molecular complexity index is 1170. The lowest BCUT2D eigenvalue weighted by molar-refractivity contribution is -0.127. The molecule has 1 fully saturated rings. The molecule has 152 valence electrons. The molecule has 0 bridgehead atoms. The Labute approximate surface area is 174 Å². The van der Waals surface area contributed by atoms with Gasteiger partial charge >= 0.3 is 6.03 Å². The molecule has 2 N–H and O–H groups in total. The van der Waals surface area contributed by atoms with Gasteiger partial charge in [0, 0.05) is 34.9 Å². The number of amides is 4. The van der Waals surface area contributed by atoms with Crippen LogP contribution in [0.3, 0.4) is 0 Å². The highest BCUT2D eigenvalue weighted by atomic mass is 16.2. The summed E-state index contributed by atoms with van der Waals surface area (Å²) in [4.78, 5) is 38.3. The van der Waals surface area contributed by atoms with Crippen molar-refractivity contribution in [3.05, 3.63) is 71.6 Å². The first kappa shape index (κ1) is 19.4. The first-order valence-electron chi connectivity index (χ1n) is 9.75. The average molecular weight is 402 g/mol. The molecule has 4 amide bonds. The van der Waals surface area contributed by atoms with Crippen molar-refractivity contribution >= 4 is 40.5 Å². The Morgan fingerprint density at radius 2 is 1.83 bits per heavy atom. The molecule has 2 aromatic carbocycles. The van der Waals surface area contributed by atoms with Gasteiger partial charge in [0.2, 0.25) is 5.91 Å². The predicted molar refractivity (Wildman–Crippen MR) is 116 cm³/mol. The molecule has 0 atom stereocenters. The molecule has 0 saturated carbocycles. The topological polar surface area (TPSA) is 83.4 Å². The SMILES string of the molecule is CCn1cc(/C=C2/NC(=O)N(CC(=O)Nc3ccc(C)cc3)C2=O)c2ccccc21. The number of aromatic nitrogens is 1. The highest BCUT2D eigenvalue weighted by Gasteiger charge is 2.35. The van der Waals surface area contributed by atoms with Gasteiger partial charge in [-0.05, 0) is 38.1 Å². The zero-order valence-corrected chi connectivity index (χ0v) is 16.8. The van der Waals surface area contributed by atoms with Crippen molar-refractivity contribution in [3.8, 4) is 0 Å². The van der Waals surface area contributed by atoms with Crippen molar-refractivity contribution in [2.75, 3.05) is 11.9 Å². The fourth-order valence-corrected chi connectivity index (χ4v) is 3.50. The highest BCUT2D eigenvalue weighted by molar-refractivity contribution is 6.16. The number of fused-ring (bicyclic) bond motifs is 1. The van der Waals surface area contributed by atoms with Gasteiger partial charge in [-0.25, -0.2) is 9.69 Å². The van der Waals surface area contributed by atoms with Gasteiger partial charge in [0.1, 0.15) is 12.2 Å². The fraction of sp³-hybridized carbons (Fsp3) is 0.174. The quantitative estimate of drug-likeness (QED) is 0.506. The third-order valence-corrected chi connectivity index (χ3v) is 5.06. The second-order valence-electron chi connectivity index (χ2n) is 7.18. The van der Waals surface area contributed by atoms with E-state index in [2.05, 4.69) is 15.2 Å². The molecular weight excluding hydrogens is 380 g/mol. The minimum Gasteiger partial charge on any atom is -0.347 e. The van der Waals surface area contributed by atoms with E-state index in [-0.39, 0.29) is 12.2 Å². The maximum atomic E-state index is 12.8. The summed E-state index contributed by atoms with van der Waals surface area (Å²) in [6, 6.07) is 14.6. The van der Waals surface area contributed by atoms with Gasteiger partial charge in [-0.3, -0.25) is 9.59 Å². The van der Waals surface area contributed by atoms with Gasteiger partial charge in [-0.15, -0.1) is 0 Å². The van der Waals surface area contributed by atoms with Gasteiger partial charge in [0.25, 0.3) is 5.91 Å². The van der Waals surface area contributed by atoms with Crippen LogP contribution in [0.25, 0.3) is 17.0 Å². The molecule has 1 aliphatic rings. The van der Waals surface area contributed by atoms with Crippen LogP contribution in [0.4, 0.5) is 10.5 Å². The van der Waals surface area contributed by atoms with Gasteiger partial charge in [-0.2, -0.15) is 0 Å². The molecule has 0 aliphatic carbocycles. The summed E-state index contributed by atoms with van der Waals surface area (Å²) in [5, 5.41) is 6.27. The number of para-hydroxylation sites is 1. The summed E-state index contributed by atoms with van der Waals surface area (Å²) >= 11 is 0. The van der Waals surface area contributed by atoms with Gasteiger partial charge < -0.3 is 15.2 Å². The number of aryl methyl sites for hydroxylation is 2. The van der Waals surface area contributed by atoms with E-state index in [0.717, 1.165) is 33.5 Å². The molecule has 7 nitrogen and oxygen atoms in total. The lowest BCUT2D eigenvalue weighted by Crippen LogP contribution is -2.38. The van der Waals surface area contributed by atoms with Crippen LogP contribution in [0.2, 0.25) is 0 Å². The minimum atomic E-state index is -0.607. The molecule has 30 heavy (non-hydrogen) atoms. The van der Waals surface area contributed by atoms with Crippen molar-refractivity contribution < 1.29 is 14.4 Å². The Hall–Kier alpha value is -3.87. The first-order valence-corrected chi connectivity index (χ1v) is 9.75. The Kier molecular flexibility index (Phi) is 5.10. The van der Waals surface area contributed by atoms with E-state index in [4.69, 9.17) is 0 Å². The molecule has 0 unspecified atom stereocenters. The number of hydrogen-bond donors (Lipinski definition) is 2. The molecule has 4 rings (SSSR count). The number of imide groups is 1. The lowest BCUT2D eigenvalue weighted by Gasteiger charge is -2.12. The van der Waals surface area contributed by atoms with E-state index in [0.29, 0.717) is 5.69 Å². The van der Waals surface area contributed by atoms with E-state index >= 15 is 0 Å². The zero-order valence-electron chi connectivity index (χ0n) is 16.8. The van der Waals surface area contributed by atoms with Crippen LogP contribution in [0.5, 0.6) is 0 Å². The largest absolute Gasteiger partial charge is 0.347 e. The number of nitrogens with one attached hydrogen (secondary N) is 2. The summed E-state index contributed by atoms with van der Waals surface area (Å²) in [7, 11) is 0. The molecule has 2 heterocycles. The summed E-state index contributed by atoms with van der Waals surface area (Å²) in [6.07, 6.45) is 3.61. The molecule has 1 saturated heterocycles. The van der Waals surface area contributed by atoms with E-state index in [1.807, 2.05) is 56.4 Å². The fourth-order valence-electron chi connectivity index (χ4n) is 3.50. The monoisotopic (exact) mass is 402 g/mol. The van der Waals surface area contributed by atoms with Gasteiger partial charge in [-0.1, -0.05) is 35.9 Å². The van der Waals surface area contributed by atoms with Gasteiger partial charge in [0.05, 0.1) is 0 Å². The summed E-state index contributed by atoms with van der Waals surface area (Å²) in [5.41, 5.74) is 3.73. The molecule has 7 heteroatoms. The summed E-state index contributed by atoms with van der Waals surface area (Å²) in [6.45, 7) is 4.42. The van der Waals surface area contributed by atoms with E-state index in [1.54, 1.807) is 18.2 Å². The number of hydrogen-bond acceptors (Lipinski definition) is 3. The van der Waals surface area contributed by atoms with E-state index in [9.17, 15) is 14.4 Å². The molecule has 0 radical (unpaired) electrons. The number of urea groups is 1. The number of anilines is 1. The molecule has 1 aromatic heterocycles. The predicted octanol–water partition coefficient (Wildman–Crippen LogP) is 3.50. The summed E-state index contributed by atoms with van der Waals surface area (Å²) < 4.78 is 2.08. The number of benzene rings is 2. The number of carbonyl (C=O) groups excluding carboxylic acids is 3. The van der Waals surface area contributed by atoms with Crippen molar-refractivity contribution in [1.29, 1.82) is 0 Å². The van der Waals surface area contributed by atoms with E-state index < -0.39 is 17.8 Å². The Balaban J connectivity index is 1.53. The molecule has 1 aliphatic heterocycles. The van der Waals surface area contributed by atoms with Crippen LogP contribution >= 0.6 is 0 Å². The second kappa shape index (κ2) is 7.87. The average Bonchev–Trinajstić information content (AvgIpc) is 3.22. The van der Waals surface area contributed by atoms with Crippen LogP contribution in [0.15, 0.2) is 60.4 Å². The van der Waals surface area contributed by atoms with Crippen LogP contribution in [-0.2, 0) is 16.1 Å². The zero-order chi connectivity index (χ0) is 21.3. The maximum absolute atomic E-state index is 12.8. The standard InChI is InChI=1S/C23H22N4O3/c1-3-26-13-16(18-6-4-5-7-20(18)26)12-19-22(29)27(23(30)25-19)14-21(28)24-17-10-8-15(2)9-11-17/h4-13H,3,14H2,1-2H3,(H,24,28)(H,25,30)/b19-12+. The molecular formula is C23H22N4O3. The molecule has 0 spiro atoms. The van der Waals surface area contributed by atoms with Crippen molar-refractivity contribution in [3.63, 3.8) is 0 Å². The lowest BCUT2D eigenvalue weighted by atomic mass is 10.1. The third-order valence-electron chi connectivity index (χ3n) is 5.06. The smallest absolute Gasteiger partial charge is 0.329 e. The van der Waals surface area contributed by atoms with Crippen molar-refractivity contribution in [2.24, 2.45) is 0 Å². The van der Waals surface area contributed by atoms with Crippen molar-refractivity contribution in [1.82, 2.24) is 14.8 Å². The summed E-state index contributed by atoms with van der Waals surface area (Å²) in [5.74, 6) is -0.960. The Morgan fingerprint density at radius 3 is 2.57 bits per heavy atom. The highest BCUT2D eigenvalue weighted by Crippen LogP contribution is 2.24. The van der Waals surface area contributed by atoms with E-state index in [1.165, 1.54) is 0 Å². The van der Waals surface area contributed by atoms with Crippen molar-refractivity contribution in [2.45, 2.75) is 20.4 Å². The second-order valence-corrected chi connectivity index (χ2v) is 7.18. The van der Waals surface area contributed by atoms with Crippen LogP contribution in [0.1, 0.15) is 18.1 Å². The first-order chi connectivity index (χ1) is 14.5. The Morgan fingerprint density at radius 1 is 1.10 bits per heavy atom. The third kappa shape index (κ3) is 3.69. The normalized spacial score (nSPS) is 15.1. The maximum Gasteiger partial charge on any atom is 0.329 e. The van der Waals surface area contributed by atoms with Crippen LogP contribution in [0, 0.1) is 6.92 Å². The van der Waals surface area contributed by atoms with Crippen LogP contribution < -0.4 is 10.6 Å². The number of nitrogens with zero attached hydrogens (tertiary/aromatic N) is 2.